The molecule has 4 rings (SSSR count). The maximum Gasteiger partial charge on any atom is 0.236 e. The van der Waals surface area contributed by atoms with Gasteiger partial charge in [0.2, 0.25) is 11.1 Å². The summed E-state index contributed by atoms with van der Waals surface area (Å²) in [4.78, 5) is 16.6. The van der Waals surface area contributed by atoms with Gasteiger partial charge >= 0.3 is 0 Å². The van der Waals surface area contributed by atoms with Crippen molar-refractivity contribution in [3.8, 4) is 0 Å². The first kappa shape index (κ1) is 17.3. The van der Waals surface area contributed by atoms with Crippen molar-refractivity contribution in [1.29, 1.82) is 0 Å². The first-order chi connectivity index (χ1) is 12.6. The average Bonchev–Trinajstić information content (AvgIpc) is 3.41. The van der Waals surface area contributed by atoms with Crippen LogP contribution in [0.25, 0.3) is 0 Å². The van der Waals surface area contributed by atoms with Gasteiger partial charge in [0.1, 0.15) is 5.82 Å². The van der Waals surface area contributed by atoms with E-state index in [1.54, 1.807) is 12.1 Å². The largest absolute Gasteiger partial charge is 0.366 e. The number of thioether (sulfide) groups is 1. The number of piperazine rings is 1. The molecule has 138 valence electrons. The molecule has 0 spiro atoms. The van der Waals surface area contributed by atoms with Gasteiger partial charge in [-0.3, -0.25) is 4.79 Å². The fourth-order valence-corrected chi connectivity index (χ4v) is 4.10. The predicted octanol–water partition coefficient (Wildman–Crippen LogP) is 1.98. The summed E-state index contributed by atoms with van der Waals surface area (Å²) in [5.74, 6) is -0.142. The highest BCUT2D eigenvalue weighted by atomic mass is 32.2. The molecule has 1 atom stereocenters. The van der Waals surface area contributed by atoms with Gasteiger partial charge < -0.3 is 9.80 Å². The van der Waals surface area contributed by atoms with E-state index in [0.29, 0.717) is 43.1 Å². The first-order valence-electron chi connectivity index (χ1n) is 8.86. The van der Waals surface area contributed by atoms with Gasteiger partial charge in [0.15, 0.2) is 0 Å². The van der Waals surface area contributed by atoms with E-state index in [0.717, 1.165) is 12.8 Å². The lowest BCUT2D eigenvalue weighted by molar-refractivity contribution is -0.130. The Morgan fingerprint density at radius 1 is 1.23 bits per heavy atom. The molecule has 0 bridgehead atoms. The maximum atomic E-state index is 13.9. The van der Waals surface area contributed by atoms with E-state index in [1.807, 2.05) is 27.5 Å². The third-order valence-electron chi connectivity index (χ3n) is 4.77. The Bertz CT molecular complexity index is 787. The van der Waals surface area contributed by atoms with Crippen LogP contribution >= 0.6 is 11.8 Å². The Morgan fingerprint density at radius 2 is 1.96 bits per heavy atom. The van der Waals surface area contributed by atoms with Crippen LogP contribution in [0.15, 0.2) is 29.4 Å². The fourth-order valence-electron chi connectivity index (χ4n) is 3.15. The highest BCUT2D eigenvalue weighted by Gasteiger charge is 2.31. The van der Waals surface area contributed by atoms with Crippen LogP contribution in [0.2, 0.25) is 0 Å². The number of rotatable bonds is 5. The molecule has 1 aromatic heterocycles. The molecule has 0 N–H and O–H groups in total. The summed E-state index contributed by atoms with van der Waals surface area (Å²) in [6, 6.07) is 7.16. The lowest BCUT2D eigenvalue weighted by Crippen LogP contribution is -2.50. The standard InChI is InChI=1S/C17H21FN6OS/c1-12(26-17-19-20-21-24(17)13-6-7-13)16(25)23-10-8-22(9-11-23)15-5-3-2-4-14(15)18/h2-5,12-13H,6-11H2,1H3. The Hall–Kier alpha value is -2.16. The quantitative estimate of drug-likeness (QED) is 0.744. The number of para-hydroxylation sites is 1. The number of nitrogens with zero attached hydrogens (tertiary/aromatic N) is 6. The van der Waals surface area contributed by atoms with Crippen LogP contribution in [0.5, 0.6) is 0 Å². The Labute approximate surface area is 155 Å². The molecule has 7 nitrogen and oxygen atoms in total. The second-order valence-electron chi connectivity index (χ2n) is 6.66. The predicted molar refractivity (Wildman–Crippen MR) is 96.6 cm³/mol. The molecule has 2 heterocycles. The minimum absolute atomic E-state index is 0.0773. The van der Waals surface area contributed by atoms with Gasteiger partial charge in [0.25, 0.3) is 0 Å². The Morgan fingerprint density at radius 3 is 2.65 bits per heavy atom. The topological polar surface area (TPSA) is 67.2 Å². The molecule has 2 fully saturated rings. The van der Waals surface area contributed by atoms with E-state index in [2.05, 4.69) is 15.5 Å². The van der Waals surface area contributed by atoms with Gasteiger partial charge in [-0.05, 0) is 42.3 Å². The van der Waals surface area contributed by atoms with Crippen molar-refractivity contribution in [3.05, 3.63) is 30.1 Å². The summed E-state index contributed by atoms with van der Waals surface area (Å²) in [5.41, 5.74) is 0.602. The van der Waals surface area contributed by atoms with Crippen molar-refractivity contribution in [2.45, 2.75) is 36.2 Å². The fraction of sp³-hybridized carbons (Fsp3) is 0.529. The summed E-state index contributed by atoms with van der Waals surface area (Å²) in [7, 11) is 0. The van der Waals surface area contributed by atoms with Crippen LogP contribution in [-0.4, -0.2) is 62.4 Å². The zero-order valence-corrected chi connectivity index (χ0v) is 15.4. The van der Waals surface area contributed by atoms with Crippen molar-refractivity contribution >= 4 is 23.4 Å². The first-order valence-corrected chi connectivity index (χ1v) is 9.74. The van der Waals surface area contributed by atoms with E-state index in [1.165, 1.54) is 17.8 Å². The molecule has 1 amide bonds. The third kappa shape index (κ3) is 3.53. The van der Waals surface area contributed by atoms with Crippen LogP contribution < -0.4 is 4.90 Å². The van der Waals surface area contributed by atoms with E-state index in [-0.39, 0.29) is 17.0 Å². The highest BCUT2D eigenvalue weighted by Crippen LogP contribution is 2.37. The molecular formula is C17H21FN6OS. The van der Waals surface area contributed by atoms with Crippen molar-refractivity contribution < 1.29 is 9.18 Å². The molecule has 1 aliphatic carbocycles. The summed E-state index contributed by atoms with van der Waals surface area (Å²) >= 11 is 1.41. The number of carbonyl (C=O) groups is 1. The molecular weight excluding hydrogens is 355 g/mol. The minimum atomic E-state index is -0.251. The second kappa shape index (κ2) is 7.22. The zero-order chi connectivity index (χ0) is 18.1. The van der Waals surface area contributed by atoms with Crippen molar-refractivity contribution in [1.82, 2.24) is 25.1 Å². The molecule has 1 saturated heterocycles. The number of hydrogen-bond acceptors (Lipinski definition) is 6. The molecule has 1 aliphatic heterocycles. The molecule has 1 unspecified atom stereocenters. The van der Waals surface area contributed by atoms with E-state index >= 15 is 0 Å². The minimum Gasteiger partial charge on any atom is -0.366 e. The van der Waals surface area contributed by atoms with Crippen LogP contribution in [0, 0.1) is 5.82 Å². The van der Waals surface area contributed by atoms with Gasteiger partial charge in [-0.15, -0.1) is 5.10 Å². The van der Waals surface area contributed by atoms with Crippen LogP contribution in [-0.2, 0) is 4.79 Å². The molecule has 2 aromatic rings. The summed E-state index contributed by atoms with van der Waals surface area (Å²) in [6.45, 7) is 4.33. The molecule has 2 aliphatic rings. The molecule has 26 heavy (non-hydrogen) atoms. The van der Waals surface area contributed by atoms with E-state index in [9.17, 15) is 9.18 Å². The number of halogens is 1. The number of hydrogen-bond donors (Lipinski definition) is 0. The van der Waals surface area contributed by atoms with Gasteiger partial charge in [-0.2, -0.15) is 0 Å². The molecule has 1 saturated carbocycles. The van der Waals surface area contributed by atoms with Crippen molar-refractivity contribution in [3.63, 3.8) is 0 Å². The van der Waals surface area contributed by atoms with Crippen LogP contribution in [0.1, 0.15) is 25.8 Å². The molecule has 9 heteroatoms. The molecule has 0 radical (unpaired) electrons. The van der Waals surface area contributed by atoms with Crippen LogP contribution in [0.4, 0.5) is 10.1 Å². The number of aromatic nitrogens is 4. The lowest BCUT2D eigenvalue weighted by Gasteiger charge is -2.37. The third-order valence-corrected chi connectivity index (χ3v) is 5.80. The lowest BCUT2D eigenvalue weighted by atomic mass is 10.2. The smallest absolute Gasteiger partial charge is 0.236 e. The van der Waals surface area contributed by atoms with Crippen LogP contribution in [0.3, 0.4) is 0 Å². The van der Waals surface area contributed by atoms with E-state index < -0.39 is 0 Å². The highest BCUT2D eigenvalue weighted by molar-refractivity contribution is 8.00. The Kier molecular flexibility index (Phi) is 4.80. The second-order valence-corrected chi connectivity index (χ2v) is 7.97. The summed E-state index contributed by atoms with van der Waals surface area (Å²) in [6.07, 6.45) is 2.19. The summed E-state index contributed by atoms with van der Waals surface area (Å²) < 4.78 is 15.8. The summed E-state index contributed by atoms with van der Waals surface area (Å²) in [5, 5.41) is 12.3. The van der Waals surface area contributed by atoms with Gasteiger partial charge in [0.05, 0.1) is 17.0 Å². The van der Waals surface area contributed by atoms with E-state index in [4.69, 9.17) is 0 Å². The maximum absolute atomic E-state index is 13.9. The number of amides is 1. The van der Waals surface area contributed by atoms with Gasteiger partial charge in [-0.25, -0.2) is 9.07 Å². The average molecular weight is 376 g/mol. The SMILES string of the molecule is CC(Sc1nnnn1C1CC1)C(=O)N1CCN(c2ccccc2F)CC1. The number of benzene rings is 1. The van der Waals surface area contributed by atoms with Gasteiger partial charge in [-0.1, -0.05) is 23.9 Å². The zero-order valence-electron chi connectivity index (χ0n) is 14.6. The van der Waals surface area contributed by atoms with Crippen molar-refractivity contribution in [2.75, 3.05) is 31.1 Å². The monoisotopic (exact) mass is 376 g/mol. The molecule has 1 aromatic carbocycles. The van der Waals surface area contributed by atoms with Gasteiger partial charge in [0, 0.05) is 26.2 Å². The number of carbonyl (C=O) groups excluding carboxylic acids is 1. The Balaban J connectivity index is 1.34. The normalized spacial score (nSPS) is 18.8. The van der Waals surface area contributed by atoms with Crippen molar-refractivity contribution in [2.24, 2.45) is 0 Å². The number of anilines is 1. The number of tetrazole rings is 1.